The normalized spacial score (nSPS) is 23.1. The average Bonchev–Trinajstić information content (AvgIpc) is 2.18. The van der Waals surface area contributed by atoms with Crippen LogP contribution >= 0.6 is 0 Å². The minimum atomic E-state index is -2.35. The van der Waals surface area contributed by atoms with E-state index in [1.54, 1.807) is 19.0 Å². The molecule has 0 unspecified atom stereocenters. The zero-order chi connectivity index (χ0) is 11.4. The van der Waals surface area contributed by atoms with Gasteiger partial charge in [0.1, 0.15) is 0 Å². The Hall–Kier alpha value is -0.710. The molecule has 88 valence electrons. The van der Waals surface area contributed by atoms with Crippen molar-refractivity contribution in [3.05, 3.63) is 0 Å². The fraction of sp³-hybridized carbons (Fsp3) is 0.900. The first kappa shape index (κ1) is 12.4. The van der Waals surface area contributed by atoms with Crippen LogP contribution in [0.3, 0.4) is 0 Å². The largest absolute Gasteiger partial charge is 0.348 e. The van der Waals surface area contributed by atoms with E-state index < -0.39 is 12.5 Å². The molecule has 1 atom stereocenters. The van der Waals surface area contributed by atoms with Crippen LogP contribution in [0.2, 0.25) is 0 Å². The molecule has 0 aromatic carbocycles. The molecule has 1 saturated heterocycles. The summed E-state index contributed by atoms with van der Waals surface area (Å²) in [5.41, 5.74) is 0. The van der Waals surface area contributed by atoms with Crippen LogP contribution in [0.4, 0.5) is 8.78 Å². The van der Waals surface area contributed by atoms with Crippen LogP contribution in [-0.2, 0) is 4.79 Å². The van der Waals surface area contributed by atoms with Crippen molar-refractivity contribution in [2.45, 2.75) is 31.7 Å². The van der Waals surface area contributed by atoms with Crippen LogP contribution in [0.15, 0.2) is 0 Å². The molecule has 1 aliphatic rings. The molecule has 1 amide bonds. The number of carbonyl (C=O) groups excluding carboxylic acids is 1. The molecule has 0 aromatic rings. The first-order valence-corrected chi connectivity index (χ1v) is 5.24. The molecule has 0 N–H and O–H groups in total. The van der Waals surface area contributed by atoms with Gasteiger partial charge in [-0.15, -0.1) is 0 Å². The summed E-state index contributed by atoms with van der Waals surface area (Å²) in [4.78, 5) is 14.5. The van der Waals surface area contributed by atoms with Gasteiger partial charge in [0.2, 0.25) is 5.91 Å². The highest BCUT2D eigenvalue weighted by Crippen LogP contribution is 2.21. The number of alkyl halides is 2. The molecule has 1 rings (SSSR count). The maximum absolute atomic E-state index is 12.7. The van der Waals surface area contributed by atoms with E-state index in [1.165, 1.54) is 4.90 Å². The van der Waals surface area contributed by atoms with E-state index in [0.717, 1.165) is 12.8 Å². The van der Waals surface area contributed by atoms with E-state index in [2.05, 4.69) is 0 Å². The molecule has 1 heterocycles. The number of carbonyl (C=O) groups is 1. The topological polar surface area (TPSA) is 23.6 Å². The van der Waals surface area contributed by atoms with Crippen molar-refractivity contribution in [3.63, 3.8) is 0 Å². The molecule has 0 saturated carbocycles. The van der Waals surface area contributed by atoms with Crippen molar-refractivity contribution in [3.8, 4) is 0 Å². The van der Waals surface area contributed by atoms with Crippen molar-refractivity contribution >= 4 is 5.91 Å². The van der Waals surface area contributed by atoms with Crippen molar-refractivity contribution < 1.29 is 13.6 Å². The Morgan fingerprint density at radius 1 is 1.47 bits per heavy atom. The van der Waals surface area contributed by atoms with Gasteiger partial charge >= 0.3 is 0 Å². The number of hydrogen-bond acceptors (Lipinski definition) is 2. The SMILES string of the molecule is CN(C)C(=O)CN1CCCC[C@H]1C(F)F. The number of nitrogens with zero attached hydrogens (tertiary/aromatic N) is 2. The second-order valence-electron chi connectivity index (χ2n) is 4.16. The minimum absolute atomic E-state index is 0.109. The summed E-state index contributed by atoms with van der Waals surface area (Å²) in [7, 11) is 3.29. The van der Waals surface area contributed by atoms with Gasteiger partial charge in [0.05, 0.1) is 12.6 Å². The van der Waals surface area contributed by atoms with E-state index >= 15 is 0 Å². The van der Waals surface area contributed by atoms with Crippen LogP contribution in [-0.4, -0.2) is 55.4 Å². The molecule has 0 radical (unpaired) electrons. The van der Waals surface area contributed by atoms with E-state index in [9.17, 15) is 13.6 Å². The van der Waals surface area contributed by atoms with Gasteiger partial charge in [0.25, 0.3) is 6.43 Å². The molecular weight excluding hydrogens is 202 g/mol. The highest BCUT2D eigenvalue weighted by molar-refractivity contribution is 5.77. The van der Waals surface area contributed by atoms with Crippen LogP contribution in [0.1, 0.15) is 19.3 Å². The van der Waals surface area contributed by atoms with E-state index in [1.807, 2.05) is 0 Å². The fourth-order valence-electron chi connectivity index (χ4n) is 1.81. The molecule has 15 heavy (non-hydrogen) atoms. The van der Waals surface area contributed by atoms with Crippen LogP contribution in [0, 0.1) is 0 Å². The number of hydrogen-bond donors (Lipinski definition) is 0. The second-order valence-corrected chi connectivity index (χ2v) is 4.16. The molecule has 0 aromatic heterocycles. The van der Waals surface area contributed by atoms with Gasteiger partial charge in [-0.3, -0.25) is 9.69 Å². The highest BCUT2D eigenvalue weighted by Gasteiger charge is 2.31. The van der Waals surface area contributed by atoms with E-state index in [-0.39, 0.29) is 12.5 Å². The Morgan fingerprint density at radius 2 is 2.13 bits per heavy atom. The first-order valence-electron chi connectivity index (χ1n) is 5.24. The molecule has 5 heteroatoms. The second kappa shape index (κ2) is 5.39. The van der Waals surface area contributed by atoms with Crippen LogP contribution in [0.5, 0.6) is 0 Å². The summed E-state index contributed by atoms with van der Waals surface area (Å²) in [5, 5.41) is 0. The number of rotatable bonds is 3. The van der Waals surface area contributed by atoms with E-state index in [0.29, 0.717) is 13.0 Å². The van der Waals surface area contributed by atoms with Gasteiger partial charge < -0.3 is 4.90 Å². The number of amides is 1. The fourth-order valence-corrected chi connectivity index (χ4v) is 1.81. The first-order chi connectivity index (χ1) is 7.02. The lowest BCUT2D eigenvalue weighted by Gasteiger charge is -2.35. The lowest BCUT2D eigenvalue weighted by Crippen LogP contribution is -2.48. The maximum atomic E-state index is 12.7. The zero-order valence-corrected chi connectivity index (χ0v) is 9.25. The van der Waals surface area contributed by atoms with Crippen molar-refractivity contribution in [1.29, 1.82) is 0 Å². The van der Waals surface area contributed by atoms with Crippen LogP contribution in [0.25, 0.3) is 0 Å². The Bertz CT molecular complexity index is 221. The summed E-state index contributed by atoms with van der Waals surface area (Å²) < 4.78 is 25.3. The lowest BCUT2D eigenvalue weighted by molar-refractivity contribution is -0.132. The summed E-state index contributed by atoms with van der Waals surface area (Å²) in [6.07, 6.45) is -0.107. The number of likely N-dealkylation sites (N-methyl/N-ethyl adjacent to an activating group) is 1. The highest BCUT2D eigenvalue weighted by atomic mass is 19.3. The third-order valence-electron chi connectivity index (χ3n) is 2.79. The quantitative estimate of drug-likeness (QED) is 0.713. The summed E-state index contributed by atoms with van der Waals surface area (Å²) >= 11 is 0. The maximum Gasteiger partial charge on any atom is 0.253 e. The van der Waals surface area contributed by atoms with Crippen LogP contribution < -0.4 is 0 Å². The Morgan fingerprint density at radius 3 is 2.67 bits per heavy atom. The molecular formula is C10H18F2N2O. The third kappa shape index (κ3) is 3.41. The molecule has 1 fully saturated rings. The number of likely N-dealkylation sites (tertiary alicyclic amines) is 1. The minimum Gasteiger partial charge on any atom is -0.348 e. The van der Waals surface area contributed by atoms with E-state index in [4.69, 9.17) is 0 Å². The van der Waals surface area contributed by atoms with Gasteiger partial charge in [-0.1, -0.05) is 6.42 Å². The summed E-state index contributed by atoms with van der Waals surface area (Å²) in [6, 6.07) is -0.734. The molecule has 3 nitrogen and oxygen atoms in total. The predicted molar refractivity (Wildman–Crippen MR) is 53.9 cm³/mol. The monoisotopic (exact) mass is 220 g/mol. The zero-order valence-electron chi connectivity index (χ0n) is 9.25. The van der Waals surface area contributed by atoms with Gasteiger partial charge in [-0.05, 0) is 19.4 Å². The summed E-state index contributed by atoms with van der Waals surface area (Å²) in [5.74, 6) is -0.109. The van der Waals surface area contributed by atoms with Gasteiger partial charge in [0.15, 0.2) is 0 Å². The number of piperidine rings is 1. The van der Waals surface area contributed by atoms with Crippen molar-refractivity contribution in [1.82, 2.24) is 9.80 Å². The van der Waals surface area contributed by atoms with Gasteiger partial charge in [-0.2, -0.15) is 0 Å². The molecule has 1 aliphatic heterocycles. The standard InChI is InChI=1S/C10H18F2N2O/c1-13(2)9(15)7-14-6-4-3-5-8(14)10(11)12/h8,10H,3-7H2,1-2H3/t8-/m0/s1. The number of halogens is 2. The Kier molecular flexibility index (Phi) is 4.45. The Labute approximate surface area is 89.0 Å². The average molecular weight is 220 g/mol. The smallest absolute Gasteiger partial charge is 0.253 e. The van der Waals surface area contributed by atoms with Gasteiger partial charge in [-0.25, -0.2) is 8.78 Å². The predicted octanol–water partition coefficient (Wildman–Crippen LogP) is 1.19. The van der Waals surface area contributed by atoms with Crippen molar-refractivity contribution in [2.75, 3.05) is 27.2 Å². The Balaban J connectivity index is 2.53. The third-order valence-corrected chi connectivity index (χ3v) is 2.79. The van der Waals surface area contributed by atoms with Crippen molar-refractivity contribution in [2.24, 2.45) is 0 Å². The lowest BCUT2D eigenvalue weighted by atomic mass is 10.0. The molecule has 0 bridgehead atoms. The molecule has 0 aliphatic carbocycles. The van der Waals surface area contributed by atoms with Gasteiger partial charge in [0, 0.05) is 14.1 Å². The molecule has 0 spiro atoms. The summed E-state index contributed by atoms with van der Waals surface area (Å²) in [6.45, 7) is 0.719.